The van der Waals surface area contributed by atoms with Crippen molar-refractivity contribution in [2.24, 2.45) is 4.99 Å². The van der Waals surface area contributed by atoms with Crippen LogP contribution in [0.3, 0.4) is 0 Å². The molecule has 2 heteroatoms. The van der Waals surface area contributed by atoms with Gasteiger partial charge in [0, 0.05) is 17.7 Å². The van der Waals surface area contributed by atoms with Crippen molar-refractivity contribution in [3.05, 3.63) is 59.1 Å². The molecule has 18 heavy (non-hydrogen) atoms. The number of hydrogen-bond acceptors (Lipinski definition) is 1. The Morgan fingerprint density at radius 1 is 1.22 bits per heavy atom. The molecule has 0 aromatic heterocycles. The number of halogens is 1. The summed E-state index contributed by atoms with van der Waals surface area (Å²) < 4.78 is 13.7. The van der Waals surface area contributed by atoms with Gasteiger partial charge in [0.1, 0.15) is 0 Å². The van der Waals surface area contributed by atoms with Crippen molar-refractivity contribution in [2.75, 3.05) is 0 Å². The van der Waals surface area contributed by atoms with Crippen LogP contribution in [0.5, 0.6) is 0 Å². The molecule has 1 aromatic rings. The molecule has 0 amide bonds. The first-order valence-electron chi connectivity index (χ1n) is 6.05. The van der Waals surface area contributed by atoms with Gasteiger partial charge in [-0.25, -0.2) is 4.99 Å². The maximum absolute atomic E-state index is 13.7. The fourth-order valence-corrected chi connectivity index (χ4v) is 2.43. The van der Waals surface area contributed by atoms with Crippen molar-refractivity contribution in [1.29, 1.82) is 0 Å². The van der Waals surface area contributed by atoms with Crippen LogP contribution in [0, 0.1) is 0 Å². The van der Waals surface area contributed by atoms with Crippen LogP contribution in [0.25, 0.3) is 11.6 Å². The van der Waals surface area contributed by atoms with Crippen LogP contribution in [-0.2, 0) is 6.42 Å². The lowest BCUT2D eigenvalue weighted by molar-refractivity contribution is 0.635. The average molecular weight is 239 g/mol. The van der Waals surface area contributed by atoms with Gasteiger partial charge in [0.05, 0.1) is 0 Å². The molecule has 1 heterocycles. The lowest BCUT2D eigenvalue weighted by Crippen LogP contribution is -1.98. The van der Waals surface area contributed by atoms with E-state index in [0.717, 1.165) is 28.8 Å². The minimum absolute atomic E-state index is 0.336. The Morgan fingerprint density at radius 2 is 2.06 bits per heavy atom. The minimum atomic E-state index is -0.336. The molecule has 3 rings (SSSR count). The van der Waals surface area contributed by atoms with E-state index < -0.39 is 0 Å². The van der Waals surface area contributed by atoms with Crippen LogP contribution in [-0.4, -0.2) is 5.71 Å². The number of nitrogens with zero attached hydrogens (tertiary/aromatic N) is 1. The monoisotopic (exact) mass is 239 g/mol. The second-order valence-corrected chi connectivity index (χ2v) is 4.88. The number of hydrogen-bond donors (Lipinski definition) is 0. The topological polar surface area (TPSA) is 12.4 Å². The van der Waals surface area contributed by atoms with E-state index in [2.05, 4.69) is 17.6 Å². The predicted octanol–water partition coefficient (Wildman–Crippen LogP) is 4.31. The van der Waals surface area contributed by atoms with Gasteiger partial charge in [0.15, 0.2) is 0 Å². The fraction of sp³-hybridized carbons (Fsp3) is 0.188. The fourth-order valence-electron chi connectivity index (χ4n) is 2.43. The number of benzene rings is 1. The Bertz CT molecular complexity index is 632. The largest absolute Gasteiger partial charge is 0.229 e. The molecule has 0 unspecified atom stereocenters. The van der Waals surface area contributed by atoms with Gasteiger partial charge in [0.2, 0.25) is 5.95 Å². The zero-order chi connectivity index (χ0) is 12.7. The third-order valence-electron chi connectivity index (χ3n) is 3.38. The highest BCUT2D eigenvalue weighted by atomic mass is 19.1. The van der Waals surface area contributed by atoms with Crippen LogP contribution >= 0.6 is 0 Å². The van der Waals surface area contributed by atoms with Crippen LogP contribution < -0.4 is 0 Å². The van der Waals surface area contributed by atoms with Crippen LogP contribution in [0.4, 0.5) is 4.39 Å². The highest BCUT2D eigenvalue weighted by molar-refractivity contribution is 5.97. The smallest absolute Gasteiger partial charge is 0.216 e. The van der Waals surface area contributed by atoms with Gasteiger partial charge in [0.25, 0.3) is 0 Å². The lowest BCUT2D eigenvalue weighted by Gasteiger charge is -2.14. The summed E-state index contributed by atoms with van der Waals surface area (Å²) in [5.74, 6) is -0.336. The molecule has 0 saturated heterocycles. The Balaban J connectivity index is 2.01. The molecule has 0 radical (unpaired) electrons. The molecule has 2 aliphatic rings. The van der Waals surface area contributed by atoms with Crippen molar-refractivity contribution in [1.82, 2.24) is 0 Å². The zero-order valence-corrected chi connectivity index (χ0v) is 10.3. The zero-order valence-electron chi connectivity index (χ0n) is 10.3. The molecular weight excluding hydrogens is 225 g/mol. The first kappa shape index (κ1) is 11.1. The van der Waals surface area contributed by atoms with Crippen LogP contribution in [0.15, 0.2) is 47.4 Å². The highest BCUT2D eigenvalue weighted by Crippen LogP contribution is 2.32. The quantitative estimate of drug-likeness (QED) is 0.647. The summed E-state index contributed by atoms with van der Waals surface area (Å²) in [5, 5.41) is 0. The molecule has 0 saturated carbocycles. The first-order valence-corrected chi connectivity index (χ1v) is 6.05. The van der Waals surface area contributed by atoms with E-state index in [4.69, 9.17) is 0 Å². The van der Waals surface area contributed by atoms with Crippen molar-refractivity contribution in [3.63, 3.8) is 0 Å². The molecular formula is C16H14FN. The number of allylic oxidation sites excluding steroid dienone is 3. The molecule has 1 aromatic carbocycles. The third-order valence-corrected chi connectivity index (χ3v) is 3.38. The molecule has 0 spiro atoms. The van der Waals surface area contributed by atoms with Gasteiger partial charge in [-0.1, -0.05) is 36.4 Å². The summed E-state index contributed by atoms with van der Waals surface area (Å²) in [5.41, 5.74) is 5.99. The van der Waals surface area contributed by atoms with Gasteiger partial charge >= 0.3 is 0 Å². The highest BCUT2D eigenvalue weighted by Gasteiger charge is 2.18. The Labute approximate surface area is 106 Å². The summed E-state index contributed by atoms with van der Waals surface area (Å²) in [6.45, 7) is 5.82. The maximum Gasteiger partial charge on any atom is 0.216 e. The summed E-state index contributed by atoms with van der Waals surface area (Å²) in [6.07, 6.45) is 5.56. The van der Waals surface area contributed by atoms with E-state index >= 15 is 0 Å². The van der Waals surface area contributed by atoms with Gasteiger partial charge in [-0.15, -0.1) is 0 Å². The van der Waals surface area contributed by atoms with Crippen LogP contribution in [0.2, 0.25) is 0 Å². The standard InChI is InChI=1S/C16H14FN/c1-10-3-4-13-9-14(6-5-12(13)7-10)15-8-11(2)18-16(15)17/h3-6,9H,1,7-8H2,2H3. The summed E-state index contributed by atoms with van der Waals surface area (Å²) in [7, 11) is 0. The Morgan fingerprint density at radius 3 is 2.78 bits per heavy atom. The summed E-state index contributed by atoms with van der Waals surface area (Å²) in [4.78, 5) is 3.87. The molecule has 0 atom stereocenters. The molecule has 1 nitrogen and oxygen atoms in total. The molecule has 1 aliphatic carbocycles. The Kier molecular flexibility index (Phi) is 2.51. The SMILES string of the molecule is C=C1C=Cc2cc(C3=C(F)N=C(C)C3)ccc2C1. The molecule has 0 N–H and O–H groups in total. The number of rotatable bonds is 1. The van der Waals surface area contributed by atoms with Gasteiger partial charge in [-0.2, -0.15) is 4.39 Å². The van der Waals surface area contributed by atoms with Crippen molar-refractivity contribution in [3.8, 4) is 0 Å². The van der Waals surface area contributed by atoms with Gasteiger partial charge in [-0.3, -0.25) is 0 Å². The predicted molar refractivity (Wildman–Crippen MR) is 74.1 cm³/mol. The van der Waals surface area contributed by atoms with Gasteiger partial charge < -0.3 is 0 Å². The van der Waals surface area contributed by atoms with Crippen molar-refractivity contribution >= 4 is 17.4 Å². The second-order valence-electron chi connectivity index (χ2n) is 4.88. The normalized spacial score (nSPS) is 18.1. The van der Waals surface area contributed by atoms with Crippen molar-refractivity contribution in [2.45, 2.75) is 19.8 Å². The minimum Gasteiger partial charge on any atom is -0.229 e. The molecule has 1 aliphatic heterocycles. The average Bonchev–Trinajstić information content (AvgIpc) is 2.68. The Hall–Kier alpha value is -1.96. The summed E-state index contributed by atoms with van der Waals surface area (Å²) >= 11 is 0. The van der Waals surface area contributed by atoms with Crippen molar-refractivity contribution < 1.29 is 4.39 Å². The van der Waals surface area contributed by atoms with E-state index in [0.29, 0.717) is 12.0 Å². The lowest BCUT2D eigenvalue weighted by atomic mass is 9.91. The summed E-state index contributed by atoms with van der Waals surface area (Å²) in [6, 6.07) is 6.09. The van der Waals surface area contributed by atoms with E-state index in [9.17, 15) is 4.39 Å². The van der Waals surface area contributed by atoms with E-state index in [1.165, 1.54) is 5.56 Å². The van der Waals surface area contributed by atoms with Gasteiger partial charge in [-0.05, 0) is 36.1 Å². The maximum atomic E-state index is 13.7. The van der Waals surface area contributed by atoms with E-state index in [-0.39, 0.29) is 5.95 Å². The van der Waals surface area contributed by atoms with E-state index in [1.807, 2.05) is 31.2 Å². The molecule has 0 fully saturated rings. The molecule has 90 valence electrons. The number of aliphatic imine (C=N–C) groups is 1. The third kappa shape index (κ3) is 1.84. The second kappa shape index (κ2) is 4.05. The number of fused-ring (bicyclic) bond motifs is 1. The molecule has 0 bridgehead atoms. The first-order chi connectivity index (χ1) is 8.63. The van der Waals surface area contributed by atoms with Crippen LogP contribution in [0.1, 0.15) is 30.0 Å². The van der Waals surface area contributed by atoms with E-state index in [1.54, 1.807) is 0 Å².